The van der Waals surface area contributed by atoms with E-state index in [2.05, 4.69) is 10.5 Å². The van der Waals surface area contributed by atoms with Gasteiger partial charge in [0.1, 0.15) is 5.69 Å². The van der Waals surface area contributed by atoms with Crippen LogP contribution in [0.3, 0.4) is 0 Å². The Bertz CT molecular complexity index is 775. The summed E-state index contributed by atoms with van der Waals surface area (Å²) in [5, 5.41) is 10.8. The fourth-order valence-corrected chi connectivity index (χ4v) is 2.38. The zero-order valence-corrected chi connectivity index (χ0v) is 12.4. The number of hydrogen-bond donors (Lipinski definition) is 1. The lowest BCUT2D eigenvalue weighted by molar-refractivity contribution is -0.384. The lowest BCUT2D eigenvalue weighted by atomic mass is 10.3. The Morgan fingerprint density at radius 3 is 2.59 bits per heavy atom. The predicted molar refractivity (Wildman–Crippen MR) is 79.3 cm³/mol. The molecule has 1 heterocycles. The Morgan fingerprint density at radius 2 is 2.00 bits per heavy atom. The summed E-state index contributed by atoms with van der Waals surface area (Å²) in [5.74, 6) is 0.183. The largest absolute Gasteiger partial charge is 0.380 e. The molecule has 0 saturated heterocycles. The molecule has 1 aromatic heterocycles. The van der Waals surface area contributed by atoms with Crippen molar-refractivity contribution < 1.29 is 18.2 Å². The van der Waals surface area contributed by atoms with Crippen LogP contribution in [0.15, 0.2) is 47.6 Å². The van der Waals surface area contributed by atoms with Crippen LogP contribution in [0, 0.1) is 10.1 Å². The molecule has 0 spiro atoms. The van der Waals surface area contributed by atoms with Gasteiger partial charge in [-0.15, -0.1) is 0 Å². The molecule has 2 aromatic rings. The first-order valence-electron chi connectivity index (χ1n) is 6.29. The maximum atomic E-state index is 11.6. The first kappa shape index (κ1) is 15.7. The van der Waals surface area contributed by atoms with Crippen molar-refractivity contribution in [1.82, 2.24) is 4.98 Å². The summed E-state index contributed by atoms with van der Waals surface area (Å²) in [6.45, 7) is 1.53. The topological polar surface area (TPSA) is 111 Å². The monoisotopic (exact) mass is 323 g/mol. The summed E-state index contributed by atoms with van der Waals surface area (Å²) >= 11 is 0. The number of anilines is 1. The van der Waals surface area contributed by atoms with Crippen molar-refractivity contribution in [1.29, 1.82) is 0 Å². The number of pyridine rings is 1. The molecule has 1 aromatic carbocycles. The molecule has 8 nitrogen and oxygen atoms in total. The van der Waals surface area contributed by atoms with Gasteiger partial charge in [0, 0.05) is 6.07 Å². The van der Waals surface area contributed by atoms with Crippen molar-refractivity contribution in [2.24, 2.45) is 0 Å². The first-order chi connectivity index (χ1) is 10.4. The molecule has 0 fully saturated rings. The minimum atomic E-state index is -3.38. The second kappa shape index (κ2) is 6.39. The molecule has 0 unspecified atom stereocenters. The minimum Gasteiger partial charge on any atom is -0.380 e. The molecule has 116 valence electrons. The number of nitro groups is 1. The van der Waals surface area contributed by atoms with Crippen molar-refractivity contribution in [3.63, 3.8) is 0 Å². The van der Waals surface area contributed by atoms with Crippen LogP contribution in [0.25, 0.3) is 0 Å². The van der Waals surface area contributed by atoms with Crippen molar-refractivity contribution in [2.45, 2.75) is 11.9 Å². The van der Waals surface area contributed by atoms with Crippen LogP contribution in [0.2, 0.25) is 0 Å². The Morgan fingerprint density at radius 1 is 1.27 bits per heavy atom. The van der Waals surface area contributed by atoms with Crippen LogP contribution in [0.5, 0.6) is 5.75 Å². The number of rotatable bonds is 6. The molecular weight excluding hydrogens is 310 g/mol. The van der Waals surface area contributed by atoms with Crippen LogP contribution in [0.1, 0.15) is 6.92 Å². The third-order valence-electron chi connectivity index (χ3n) is 2.79. The smallest absolute Gasteiger partial charge is 0.295 e. The molecule has 0 amide bonds. The molecule has 0 radical (unpaired) electrons. The number of nitrogens with one attached hydrogen (secondary N) is 1. The zero-order valence-electron chi connectivity index (χ0n) is 11.6. The van der Waals surface area contributed by atoms with E-state index >= 15 is 0 Å². The quantitative estimate of drug-likeness (QED) is 0.640. The molecule has 0 bridgehead atoms. The van der Waals surface area contributed by atoms with Gasteiger partial charge in [-0.25, -0.2) is 18.9 Å². The van der Waals surface area contributed by atoms with Crippen LogP contribution in [-0.2, 0) is 9.84 Å². The lowest BCUT2D eigenvalue weighted by Crippen LogP contribution is -2.09. The van der Waals surface area contributed by atoms with Gasteiger partial charge in [0.15, 0.2) is 20.6 Å². The maximum Gasteiger partial charge on any atom is 0.295 e. The fraction of sp³-hybridized carbons (Fsp3) is 0.154. The molecular formula is C13H13N3O5S. The van der Waals surface area contributed by atoms with Gasteiger partial charge < -0.3 is 4.84 Å². The van der Waals surface area contributed by atoms with Gasteiger partial charge in [0.25, 0.3) is 5.69 Å². The SMILES string of the molecule is CCS(=O)(=O)c1ccc(ONc2ccccc2[N+](=O)[O-])cn1. The molecule has 0 aliphatic heterocycles. The van der Waals surface area contributed by atoms with E-state index in [4.69, 9.17) is 4.84 Å². The summed E-state index contributed by atoms with van der Waals surface area (Å²) in [5.41, 5.74) is 2.49. The normalized spacial score (nSPS) is 11.0. The number of nitrogens with zero attached hydrogens (tertiary/aromatic N) is 2. The van der Waals surface area contributed by atoms with Gasteiger partial charge >= 0.3 is 0 Å². The standard InChI is InChI=1S/C13H13N3O5S/c1-2-22(19,20)13-8-7-10(9-14-13)21-15-11-5-3-4-6-12(11)16(17)18/h3-9,15H,2H2,1H3. The van der Waals surface area contributed by atoms with E-state index in [9.17, 15) is 18.5 Å². The van der Waals surface area contributed by atoms with Crippen LogP contribution >= 0.6 is 0 Å². The summed E-state index contributed by atoms with van der Waals surface area (Å²) in [6.07, 6.45) is 1.23. The van der Waals surface area contributed by atoms with E-state index in [0.29, 0.717) is 0 Å². The van der Waals surface area contributed by atoms with Gasteiger partial charge in [-0.1, -0.05) is 19.1 Å². The van der Waals surface area contributed by atoms with E-state index in [1.165, 1.54) is 43.5 Å². The number of para-hydroxylation sites is 2. The molecule has 9 heteroatoms. The third-order valence-corrected chi connectivity index (χ3v) is 4.43. The molecule has 0 aliphatic rings. The number of aromatic nitrogens is 1. The summed E-state index contributed by atoms with van der Waals surface area (Å²) in [6, 6.07) is 8.71. The first-order valence-corrected chi connectivity index (χ1v) is 7.94. The van der Waals surface area contributed by atoms with Crippen molar-refractivity contribution >= 4 is 21.2 Å². The van der Waals surface area contributed by atoms with Gasteiger partial charge in [-0.3, -0.25) is 10.1 Å². The van der Waals surface area contributed by atoms with Gasteiger partial charge in [-0.2, -0.15) is 0 Å². The predicted octanol–water partition coefficient (Wildman–Crippen LogP) is 2.19. The Labute approximate surface area is 126 Å². The third kappa shape index (κ3) is 3.50. The average molecular weight is 323 g/mol. The highest BCUT2D eigenvalue weighted by atomic mass is 32.2. The highest BCUT2D eigenvalue weighted by Gasteiger charge is 2.14. The molecule has 0 saturated carbocycles. The zero-order chi connectivity index (χ0) is 16.2. The van der Waals surface area contributed by atoms with Gasteiger partial charge in [-0.05, 0) is 18.2 Å². The highest BCUT2D eigenvalue weighted by molar-refractivity contribution is 7.91. The van der Waals surface area contributed by atoms with Gasteiger partial charge in [0.2, 0.25) is 0 Å². The lowest BCUT2D eigenvalue weighted by Gasteiger charge is -2.08. The van der Waals surface area contributed by atoms with Gasteiger partial charge in [0.05, 0.1) is 16.9 Å². The molecule has 1 N–H and O–H groups in total. The fourth-order valence-electron chi connectivity index (χ4n) is 1.59. The maximum absolute atomic E-state index is 11.6. The van der Waals surface area contributed by atoms with E-state index in [1.807, 2.05) is 0 Å². The van der Waals surface area contributed by atoms with E-state index < -0.39 is 14.8 Å². The van der Waals surface area contributed by atoms with E-state index in [-0.39, 0.29) is 27.9 Å². The molecule has 22 heavy (non-hydrogen) atoms. The van der Waals surface area contributed by atoms with Crippen molar-refractivity contribution in [2.75, 3.05) is 11.2 Å². The molecule has 0 atom stereocenters. The second-order valence-corrected chi connectivity index (χ2v) is 6.44. The van der Waals surface area contributed by atoms with Crippen molar-refractivity contribution in [3.05, 3.63) is 52.7 Å². The number of hydrogen-bond acceptors (Lipinski definition) is 7. The second-order valence-electron chi connectivity index (χ2n) is 4.21. The molecule has 2 rings (SSSR count). The Hall–Kier alpha value is -2.68. The van der Waals surface area contributed by atoms with Crippen LogP contribution in [0.4, 0.5) is 11.4 Å². The van der Waals surface area contributed by atoms with Crippen molar-refractivity contribution in [3.8, 4) is 5.75 Å². The molecule has 0 aliphatic carbocycles. The van der Waals surface area contributed by atoms with Crippen LogP contribution in [-0.4, -0.2) is 24.1 Å². The van der Waals surface area contributed by atoms with E-state index in [0.717, 1.165) is 0 Å². The summed E-state index contributed by atoms with van der Waals surface area (Å²) < 4.78 is 23.2. The Balaban J connectivity index is 2.12. The Kier molecular flexibility index (Phi) is 4.56. The summed E-state index contributed by atoms with van der Waals surface area (Å²) in [7, 11) is -3.38. The summed E-state index contributed by atoms with van der Waals surface area (Å²) in [4.78, 5) is 19.3. The number of nitro benzene ring substituents is 1. The van der Waals surface area contributed by atoms with E-state index in [1.54, 1.807) is 6.07 Å². The highest BCUT2D eigenvalue weighted by Crippen LogP contribution is 2.24. The number of sulfone groups is 1. The average Bonchev–Trinajstić information content (AvgIpc) is 2.53. The van der Waals surface area contributed by atoms with Crippen LogP contribution < -0.4 is 10.3 Å². The minimum absolute atomic E-state index is 0.0470. The number of benzene rings is 1.